The van der Waals surface area contributed by atoms with E-state index in [1.165, 1.54) is 33.4 Å². The van der Waals surface area contributed by atoms with Gasteiger partial charge in [0.05, 0.1) is 0 Å². The summed E-state index contributed by atoms with van der Waals surface area (Å²) in [5.41, 5.74) is 14.3. The summed E-state index contributed by atoms with van der Waals surface area (Å²) in [5, 5.41) is 0. The van der Waals surface area contributed by atoms with E-state index >= 15 is 0 Å². The first-order valence-electron chi connectivity index (χ1n) is 17.9. The topological polar surface area (TPSA) is 6.48 Å². The average molecular weight is 661 g/mol. The van der Waals surface area contributed by atoms with Gasteiger partial charge in [0.15, 0.2) is 0 Å². The summed E-state index contributed by atoms with van der Waals surface area (Å²) in [7, 11) is 0. The maximum atomic E-state index is 2.36. The molecular formula is C49H44N2. The summed E-state index contributed by atoms with van der Waals surface area (Å²) in [4.78, 5) is 4.62. The molecule has 51 heavy (non-hydrogen) atoms. The van der Waals surface area contributed by atoms with E-state index in [4.69, 9.17) is 0 Å². The summed E-state index contributed by atoms with van der Waals surface area (Å²) in [6.45, 7) is 6.73. The Labute approximate surface area is 303 Å². The number of anilines is 6. The van der Waals surface area contributed by atoms with E-state index < -0.39 is 0 Å². The normalized spacial score (nSPS) is 11.9. The van der Waals surface area contributed by atoms with Crippen LogP contribution in [0, 0.1) is 12.8 Å². The quantitative estimate of drug-likeness (QED) is 0.127. The van der Waals surface area contributed by atoms with E-state index in [1.807, 2.05) is 0 Å². The van der Waals surface area contributed by atoms with Crippen molar-refractivity contribution in [2.24, 2.45) is 5.92 Å². The minimum Gasteiger partial charge on any atom is -0.311 e. The highest BCUT2D eigenvalue weighted by Crippen LogP contribution is 2.38. The maximum Gasteiger partial charge on any atom is 0.0464 e. The highest BCUT2D eigenvalue weighted by molar-refractivity contribution is 5.85. The fourth-order valence-corrected chi connectivity index (χ4v) is 6.68. The second kappa shape index (κ2) is 15.6. The molecule has 0 spiro atoms. The lowest BCUT2D eigenvalue weighted by atomic mass is 9.90. The Morgan fingerprint density at radius 2 is 0.882 bits per heavy atom. The van der Waals surface area contributed by atoms with Crippen LogP contribution in [0.2, 0.25) is 0 Å². The third kappa shape index (κ3) is 7.71. The summed E-state index contributed by atoms with van der Waals surface area (Å²) < 4.78 is 0. The zero-order valence-corrected chi connectivity index (χ0v) is 29.7. The first kappa shape index (κ1) is 33.4. The fourth-order valence-electron chi connectivity index (χ4n) is 6.68. The summed E-state index contributed by atoms with van der Waals surface area (Å²) >= 11 is 0. The molecule has 1 unspecified atom stereocenters. The van der Waals surface area contributed by atoms with Crippen LogP contribution in [0.4, 0.5) is 34.1 Å². The number of rotatable bonds is 11. The Morgan fingerprint density at radius 3 is 1.35 bits per heavy atom. The second-order valence-corrected chi connectivity index (χ2v) is 13.1. The highest BCUT2D eigenvalue weighted by Gasteiger charge is 2.15. The van der Waals surface area contributed by atoms with E-state index in [-0.39, 0.29) is 0 Å². The lowest BCUT2D eigenvalue weighted by molar-refractivity contribution is 0.720. The standard InChI is InChI=1S/C49H44N2/c1-4-38(3)49(42-29-33-46(34-30-42)50(43-16-8-5-9-17-43)44-18-10-6-11-19-44)36-39-23-25-40(26-24-39)41-27-31-47(32-28-41)51(45-20-12-7-13-21-45)48-22-14-15-37(2)35-48/h5-36,38H,4H2,1-3H3. The Balaban J connectivity index is 1.14. The van der Waals surface area contributed by atoms with Crippen LogP contribution < -0.4 is 9.80 Å². The van der Waals surface area contributed by atoms with Gasteiger partial charge in [-0.3, -0.25) is 0 Å². The number of nitrogens with zero attached hydrogens (tertiary/aromatic N) is 2. The molecule has 250 valence electrons. The first-order chi connectivity index (χ1) is 25.1. The van der Waals surface area contributed by atoms with Crippen molar-refractivity contribution < 1.29 is 0 Å². The van der Waals surface area contributed by atoms with Gasteiger partial charge >= 0.3 is 0 Å². The molecule has 7 aromatic rings. The SMILES string of the molecule is CCC(C)C(=Cc1ccc(-c2ccc(N(c3ccccc3)c3cccc(C)c3)cc2)cc1)c1ccc(N(c2ccccc2)c2ccccc2)cc1. The lowest BCUT2D eigenvalue weighted by Crippen LogP contribution is -2.09. The van der Waals surface area contributed by atoms with E-state index in [2.05, 4.69) is 225 Å². The zero-order valence-electron chi connectivity index (χ0n) is 29.7. The molecule has 0 N–H and O–H groups in total. The number of hydrogen-bond acceptors (Lipinski definition) is 2. The molecule has 0 heterocycles. The molecule has 0 aliphatic carbocycles. The molecular weight excluding hydrogens is 617 g/mol. The molecule has 0 bridgehead atoms. The number of para-hydroxylation sites is 3. The fraction of sp³-hybridized carbons (Fsp3) is 0.102. The van der Waals surface area contributed by atoms with Gasteiger partial charge < -0.3 is 9.80 Å². The van der Waals surface area contributed by atoms with Gasteiger partial charge in [-0.05, 0) is 125 Å². The van der Waals surface area contributed by atoms with Gasteiger partial charge in [0.1, 0.15) is 0 Å². The van der Waals surface area contributed by atoms with E-state index in [9.17, 15) is 0 Å². The van der Waals surface area contributed by atoms with Crippen molar-refractivity contribution >= 4 is 45.8 Å². The predicted molar refractivity (Wildman–Crippen MR) is 220 cm³/mol. The maximum absolute atomic E-state index is 2.36. The van der Waals surface area contributed by atoms with Crippen LogP contribution in [0.15, 0.2) is 188 Å². The monoisotopic (exact) mass is 660 g/mol. The molecule has 0 aliphatic rings. The molecule has 0 aliphatic heterocycles. The third-order valence-corrected chi connectivity index (χ3v) is 9.60. The van der Waals surface area contributed by atoms with Gasteiger partial charge in [-0.1, -0.05) is 135 Å². The van der Waals surface area contributed by atoms with Crippen molar-refractivity contribution in [1.82, 2.24) is 0 Å². The highest BCUT2D eigenvalue weighted by atomic mass is 15.1. The lowest BCUT2D eigenvalue weighted by Gasteiger charge is -2.26. The predicted octanol–water partition coefficient (Wildman–Crippen LogP) is 14.2. The van der Waals surface area contributed by atoms with E-state index in [1.54, 1.807) is 0 Å². The van der Waals surface area contributed by atoms with E-state index in [0.29, 0.717) is 5.92 Å². The van der Waals surface area contributed by atoms with Crippen LogP contribution in [0.5, 0.6) is 0 Å². The van der Waals surface area contributed by atoms with Crippen LogP contribution in [-0.2, 0) is 0 Å². The van der Waals surface area contributed by atoms with Gasteiger partial charge in [-0.25, -0.2) is 0 Å². The molecule has 2 nitrogen and oxygen atoms in total. The minimum absolute atomic E-state index is 0.420. The molecule has 7 aromatic carbocycles. The minimum atomic E-state index is 0.420. The van der Waals surface area contributed by atoms with E-state index in [0.717, 1.165) is 40.5 Å². The van der Waals surface area contributed by atoms with Crippen molar-refractivity contribution in [3.05, 3.63) is 205 Å². The van der Waals surface area contributed by atoms with Crippen LogP contribution in [0.1, 0.15) is 37.0 Å². The summed E-state index contributed by atoms with van der Waals surface area (Å²) in [6, 6.07) is 67.3. The van der Waals surface area contributed by atoms with Crippen LogP contribution >= 0.6 is 0 Å². The van der Waals surface area contributed by atoms with Gasteiger partial charge in [0.2, 0.25) is 0 Å². The van der Waals surface area contributed by atoms with Gasteiger partial charge in [0.25, 0.3) is 0 Å². The Hall–Kier alpha value is -6.12. The number of aryl methyl sites for hydroxylation is 1. The Kier molecular flexibility index (Phi) is 10.2. The van der Waals surface area contributed by atoms with Crippen molar-refractivity contribution in [3.8, 4) is 11.1 Å². The first-order valence-corrected chi connectivity index (χ1v) is 17.9. The van der Waals surface area contributed by atoms with Gasteiger partial charge in [-0.2, -0.15) is 0 Å². The molecule has 0 saturated carbocycles. The van der Waals surface area contributed by atoms with Gasteiger partial charge in [-0.15, -0.1) is 0 Å². The molecule has 0 radical (unpaired) electrons. The van der Waals surface area contributed by atoms with Gasteiger partial charge in [0, 0.05) is 34.1 Å². The summed E-state index contributed by atoms with van der Waals surface area (Å²) in [6.07, 6.45) is 3.43. The van der Waals surface area contributed by atoms with Crippen LogP contribution in [-0.4, -0.2) is 0 Å². The largest absolute Gasteiger partial charge is 0.311 e. The number of hydrogen-bond donors (Lipinski definition) is 0. The molecule has 0 fully saturated rings. The number of allylic oxidation sites excluding steroid dienone is 1. The molecule has 1 atom stereocenters. The smallest absolute Gasteiger partial charge is 0.0464 e. The van der Waals surface area contributed by atoms with Crippen molar-refractivity contribution in [3.63, 3.8) is 0 Å². The van der Waals surface area contributed by atoms with Crippen molar-refractivity contribution in [1.29, 1.82) is 0 Å². The van der Waals surface area contributed by atoms with Crippen molar-refractivity contribution in [2.75, 3.05) is 9.80 Å². The number of benzene rings is 7. The van der Waals surface area contributed by atoms with Crippen molar-refractivity contribution in [2.45, 2.75) is 27.2 Å². The van der Waals surface area contributed by atoms with Crippen LogP contribution in [0.25, 0.3) is 22.8 Å². The average Bonchev–Trinajstić information content (AvgIpc) is 3.19. The molecule has 7 rings (SSSR count). The van der Waals surface area contributed by atoms with Crippen LogP contribution in [0.3, 0.4) is 0 Å². The zero-order chi connectivity index (χ0) is 35.0. The summed E-state index contributed by atoms with van der Waals surface area (Å²) in [5.74, 6) is 0.420. The molecule has 0 aromatic heterocycles. The molecule has 2 heteroatoms. The Morgan fingerprint density at radius 1 is 0.471 bits per heavy atom. The molecule has 0 amide bonds. The third-order valence-electron chi connectivity index (χ3n) is 9.60. The molecule has 0 saturated heterocycles. The second-order valence-electron chi connectivity index (χ2n) is 13.1. The Bertz CT molecular complexity index is 2130.